The Hall–Kier alpha value is -4.14. The number of nitrogens with zero attached hydrogens (tertiary/aromatic N) is 2. The number of carbonyl (C=O) groups is 1. The molecule has 0 aliphatic heterocycles. The van der Waals surface area contributed by atoms with E-state index >= 15 is 0 Å². The highest BCUT2D eigenvalue weighted by atomic mass is 16.6. The Balaban J connectivity index is 1.58. The van der Waals surface area contributed by atoms with E-state index in [2.05, 4.69) is 15.8 Å². The minimum absolute atomic E-state index is 0.0732. The van der Waals surface area contributed by atoms with Crippen molar-refractivity contribution in [3.05, 3.63) is 76.0 Å². The summed E-state index contributed by atoms with van der Waals surface area (Å²) >= 11 is 0. The molecule has 1 heterocycles. The third-order valence-corrected chi connectivity index (χ3v) is 4.17. The van der Waals surface area contributed by atoms with Crippen molar-refractivity contribution in [1.29, 1.82) is 0 Å². The third kappa shape index (κ3) is 5.22. The summed E-state index contributed by atoms with van der Waals surface area (Å²) in [6, 6.07) is 15.3. The topological polar surface area (TPSA) is 119 Å². The molecule has 2 aromatic carbocycles. The van der Waals surface area contributed by atoms with Crippen molar-refractivity contribution >= 4 is 23.5 Å². The Bertz CT molecular complexity index is 1070. The molecule has 0 unspecified atom stereocenters. The lowest BCUT2D eigenvalue weighted by molar-refractivity contribution is -0.384. The highest BCUT2D eigenvalue weighted by Crippen LogP contribution is 2.33. The zero-order valence-electron chi connectivity index (χ0n) is 16.4. The van der Waals surface area contributed by atoms with Crippen LogP contribution in [-0.4, -0.2) is 30.7 Å². The van der Waals surface area contributed by atoms with Gasteiger partial charge in [0.05, 0.1) is 36.4 Å². The molecule has 0 aliphatic rings. The molecule has 154 valence electrons. The van der Waals surface area contributed by atoms with Crippen LogP contribution in [0.2, 0.25) is 0 Å². The molecule has 0 saturated heterocycles. The van der Waals surface area contributed by atoms with Gasteiger partial charge < -0.3 is 14.5 Å². The van der Waals surface area contributed by atoms with E-state index in [4.69, 9.17) is 9.15 Å². The van der Waals surface area contributed by atoms with E-state index < -0.39 is 4.92 Å². The van der Waals surface area contributed by atoms with Crippen LogP contribution in [0.3, 0.4) is 0 Å². The van der Waals surface area contributed by atoms with Crippen LogP contribution in [0.4, 0.5) is 11.4 Å². The van der Waals surface area contributed by atoms with Crippen LogP contribution in [0.1, 0.15) is 11.3 Å². The fraction of sp³-hybridized carbons (Fsp3) is 0.143. The lowest BCUT2D eigenvalue weighted by Gasteiger charge is -2.05. The van der Waals surface area contributed by atoms with Gasteiger partial charge in [-0.3, -0.25) is 14.9 Å². The number of hydrogen-bond acceptors (Lipinski definition) is 7. The van der Waals surface area contributed by atoms with Gasteiger partial charge in [-0.15, -0.1) is 0 Å². The predicted molar refractivity (Wildman–Crippen MR) is 113 cm³/mol. The first kappa shape index (κ1) is 20.6. The molecule has 30 heavy (non-hydrogen) atoms. The van der Waals surface area contributed by atoms with E-state index in [0.717, 1.165) is 11.3 Å². The number of amides is 1. The Kier molecular flexibility index (Phi) is 6.43. The maximum absolute atomic E-state index is 11.9. The van der Waals surface area contributed by atoms with Crippen LogP contribution < -0.4 is 15.5 Å². The molecule has 0 bridgehead atoms. The maximum atomic E-state index is 11.9. The Morgan fingerprint density at radius 1 is 1.20 bits per heavy atom. The van der Waals surface area contributed by atoms with Crippen LogP contribution >= 0.6 is 0 Å². The first-order valence-corrected chi connectivity index (χ1v) is 9.01. The van der Waals surface area contributed by atoms with Gasteiger partial charge in [0, 0.05) is 11.8 Å². The number of aryl methyl sites for hydroxylation is 1. The first-order chi connectivity index (χ1) is 14.5. The van der Waals surface area contributed by atoms with Gasteiger partial charge in [0.1, 0.15) is 17.3 Å². The van der Waals surface area contributed by atoms with Gasteiger partial charge in [-0.05, 0) is 37.3 Å². The van der Waals surface area contributed by atoms with Crippen LogP contribution in [0.15, 0.2) is 64.1 Å². The van der Waals surface area contributed by atoms with E-state index in [9.17, 15) is 14.9 Å². The van der Waals surface area contributed by atoms with Crippen molar-refractivity contribution in [1.82, 2.24) is 5.43 Å². The third-order valence-electron chi connectivity index (χ3n) is 4.17. The lowest BCUT2D eigenvalue weighted by atomic mass is 10.1. The molecule has 1 aromatic heterocycles. The number of carbonyl (C=O) groups excluding carboxylic acids is 1. The van der Waals surface area contributed by atoms with Crippen molar-refractivity contribution in [2.24, 2.45) is 5.10 Å². The standard InChI is InChI=1S/C21H20N4O5/c1-14-3-5-15(6-4-14)22-13-21(26)24-23-12-17-8-10-19(30-17)18-9-7-16(25(27)28)11-20(18)29-2/h3-12,22H,13H2,1-2H3,(H,24,26)/b23-12-. The molecule has 3 aromatic rings. The van der Waals surface area contributed by atoms with Crippen molar-refractivity contribution in [3.8, 4) is 17.1 Å². The van der Waals surface area contributed by atoms with Gasteiger partial charge in [0.15, 0.2) is 0 Å². The van der Waals surface area contributed by atoms with Crippen LogP contribution in [-0.2, 0) is 4.79 Å². The highest BCUT2D eigenvalue weighted by Gasteiger charge is 2.15. The molecule has 0 atom stereocenters. The molecule has 0 radical (unpaired) electrons. The lowest BCUT2D eigenvalue weighted by Crippen LogP contribution is -2.25. The smallest absolute Gasteiger partial charge is 0.273 e. The molecule has 9 nitrogen and oxygen atoms in total. The number of nitrogens with one attached hydrogen (secondary N) is 2. The number of nitro groups is 1. The largest absolute Gasteiger partial charge is 0.496 e. The number of anilines is 1. The quantitative estimate of drug-likeness (QED) is 0.333. The van der Waals surface area contributed by atoms with Crippen LogP contribution in [0.25, 0.3) is 11.3 Å². The van der Waals surface area contributed by atoms with Gasteiger partial charge in [-0.2, -0.15) is 5.10 Å². The molecule has 2 N–H and O–H groups in total. The monoisotopic (exact) mass is 408 g/mol. The Morgan fingerprint density at radius 2 is 1.97 bits per heavy atom. The van der Waals surface area contributed by atoms with Gasteiger partial charge in [-0.1, -0.05) is 17.7 Å². The summed E-state index contributed by atoms with van der Waals surface area (Å²) in [5.41, 5.74) is 4.88. The summed E-state index contributed by atoms with van der Waals surface area (Å²) in [5.74, 6) is 0.862. The SMILES string of the molecule is COc1cc([N+](=O)[O-])ccc1-c1ccc(/C=N\NC(=O)CNc2ccc(C)cc2)o1. The molecule has 9 heteroatoms. The van der Waals surface area contributed by atoms with Crippen LogP contribution in [0, 0.1) is 17.0 Å². The van der Waals surface area contributed by atoms with E-state index in [1.54, 1.807) is 18.2 Å². The van der Waals surface area contributed by atoms with Gasteiger partial charge in [0.25, 0.3) is 11.6 Å². The Labute approximate surface area is 172 Å². The van der Waals surface area contributed by atoms with Crippen molar-refractivity contribution in [2.45, 2.75) is 6.92 Å². The molecule has 0 saturated carbocycles. The number of non-ortho nitro benzene ring substituents is 1. The van der Waals surface area contributed by atoms with Crippen molar-refractivity contribution < 1.29 is 18.9 Å². The number of furan rings is 1. The van der Waals surface area contributed by atoms with E-state index in [-0.39, 0.29) is 18.1 Å². The fourth-order valence-electron chi connectivity index (χ4n) is 2.63. The predicted octanol–water partition coefficient (Wildman–Crippen LogP) is 3.73. The maximum Gasteiger partial charge on any atom is 0.273 e. The molecule has 0 spiro atoms. The Morgan fingerprint density at radius 3 is 2.67 bits per heavy atom. The normalized spacial score (nSPS) is 10.7. The van der Waals surface area contributed by atoms with E-state index in [1.807, 2.05) is 31.2 Å². The average molecular weight is 408 g/mol. The van der Waals surface area contributed by atoms with Crippen molar-refractivity contribution in [3.63, 3.8) is 0 Å². The first-order valence-electron chi connectivity index (χ1n) is 9.01. The number of benzene rings is 2. The number of hydrazone groups is 1. The minimum Gasteiger partial charge on any atom is -0.496 e. The summed E-state index contributed by atoms with van der Waals surface area (Å²) < 4.78 is 10.9. The fourth-order valence-corrected chi connectivity index (χ4v) is 2.63. The molecule has 1 amide bonds. The number of ether oxygens (including phenoxy) is 1. The van der Waals surface area contributed by atoms with Crippen LogP contribution in [0.5, 0.6) is 5.75 Å². The number of methoxy groups -OCH3 is 1. The van der Waals surface area contributed by atoms with Gasteiger partial charge in [0.2, 0.25) is 0 Å². The second kappa shape index (κ2) is 9.37. The summed E-state index contributed by atoms with van der Waals surface area (Å²) in [6.45, 7) is 2.06. The molecule has 0 aliphatic carbocycles. The minimum atomic E-state index is -0.497. The zero-order chi connectivity index (χ0) is 21.5. The number of hydrogen-bond donors (Lipinski definition) is 2. The molecule has 3 rings (SSSR count). The molecule has 0 fully saturated rings. The van der Waals surface area contributed by atoms with E-state index in [1.165, 1.54) is 25.5 Å². The summed E-state index contributed by atoms with van der Waals surface area (Å²) in [5, 5.41) is 17.8. The number of rotatable bonds is 8. The van der Waals surface area contributed by atoms with Gasteiger partial charge in [-0.25, -0.2) is 5.43 Å². The summed E-state index contributed by atoms with van der Waals surface area (Å²) in [7, 11) is 1.42. The molecular formula is C21H20N4O5. The zero-order valence-corrected chi connectivity index (χ0v) is 16.4. The van der Waals surface area contributed by atoms with Crippen molar-refractivity contribution in [2.75, 3.05) is 19.0 Å². The second-order valence-electron chi connectivity index (χ2n) is 6.36. The van der Waals surface area contributed by atoms with Gasteiger partial charge >= 0.3 is 0 Å². The molecular weight excluding hydrogens is 388 g/mol. The average Bonchev–Trinajstić information content (AvgIpc) is 3.21. The summed E-state index contributed by atoms with van der Waals surface area (Å²) in [6.07, 6.45) is 1.37. The van der Waals surface area contributed by atoms with E-state index in [0.29, 0.717) is 22.8 Å². The number of nitro benzene ring substituents is 1. The highest BCUT2D eigenvalue weighted by molar-refractivity contribution is 5.83. The summed E-state index contributed by atoms with van der Waals surface area (Å²) in [4.78, 5) is 22.3. The second-order valence-corrected chi connectivity index (χ2v) is 6.36.